The van der Waals surface area contributed by atoms with Crippen molar-refractivity contribution in [3.63, 3.8) is 0 Å². The minimum atomic E-state index is -0.329. The van der Waals surface area contributed by atoms with Crippen molar-refractivity contribution in [3.05, 3.63) is 23.8 Å². The van der Waals surface area contributed by atoms with E-state index in [2.05, 4.69) is 5.32 Å². The number of benzene rings is 1. The molecule has 6 nitrogen and oxygen atoms in total. The molecule has 2 unspecified atom stereocenters. The van der Waals surface area contributed by atoms with Gasteiger partial charge in [0.15, 0.2) is 0 Å². The van der Waals surface area contributed by atoms with Gasteiger partial charge in [0.25, 0.3) is 0 Å². The van der Waals surface area contributed by atoms with E-state index in [0.29, 0.717) is 5.69 Å². The number of likely N-dealkylation sites (tertiary alicyclic amines) is 1. The molecule has 3 rings (SSSR count). The van der Waals surface area contributed by atoms with Crippen molar-refractivity contribution in [3.8, 4) is 5.75 Å². The molecule has 1 aromatic carbocycles. The summed E-state index contributed by atoms with van der Waals surface area (Å²) < 4.78 is 0. The summed E-state index contributed by atoms with van der Waals surface area (Å²) in [6, 6.07) is 4.98. The van der Waals surface area contributed by atoms with Crippen LogP contribution in [0.25, 0.3) is 0 Å². The zero-order valence-electron chi connectivity index (χ0n) is 13.7. The number of hydrogen-bond acceptors (Lipinski definition) is 4. The summed E-state index contributed by atoms with van der Waals surface area (Å²) in [5.74, 6) is -0.954. The molecule has 1 saturated heterocycles. The highest BCUT2D eigenvalue weighted by Gasteiger charge is 2.47. The third-order valence-electron chi connectivity index (χ3n) is 4.92. The van der Waals surface area contributed by atoms with E-state index in [0.717, 1.165) is 31.2 Å². The standard InChI is InChI=1S/C18H22N2O4/c1-11-6-7-14(15(21)10-11)19-16(22)8-9-20-17(23)12-4-2-3-5-13(12)18(20)24/h6-7,10,12-13,21H,2-5,8-9H2,1H3,(H,19,22). The number of aromatic hydroxyl groups is 1. The SMILES string of the molecule is Cc1ccc(NC(=O)CCN2C(=O)C3CCCCC3C2=O)c(O)c1. The molecule has 24 heavy (non-hydrogen) atoms. The van der Waals surface area contributed by atoms with Crippen LogP contribution in [0.3, 0.4) is 0 Å². The lowest BCUT2D eigenvalue weighted by atomic mass is 9.81. The molecule has 128 valence electrons. The minimum Gasteiger partial charge on any atom is -0.506 e. The van der Waals surface area contributed by atoms with Gasteiger partial charge in [-0.3, -0.25) is 19.3 Å². The summed E-state index contributed by atoms with van der Waals surface area (Å²) in [5.41, 5.74) is 1.22. The molecule has 1 heterocycles. The Morgan fingerprint density at radius 2 is 1.83 bits per heavy atom. The predicted molar refractivity (Wildman–Crippen MR) is 88.3 cm³/mol. The number of carbonyl (C=O) groups excluding carboxylic acids is 3. The van der Waals surface area contributed by atoms with Gasteiger partial charge < -0.3 is 10.4 Å². The van der Waals surface area contributed by atoms with Gasteiger partial charge in [0.2, 0.25) is 17.7 Å². The van der Waals surface area contributed by atoms with Gasteiger partial charge >= 0.3 is 0 Å². The van der Waals surface area contributed by atoms with E-state index in [1.807, 2.05) is 6.92 Å². The van der Waals surface area contributed by atoms with Gasteiger partial charge in [-0.1, -0.05) is 18.9 Å². The smallest absolute Gasteiger partial charge is 0.233 e. The van der Waals surface area contributed by atoms with Crippen molar-refractivity contribution in [1.82, 2.24) is 4.90 Å². The molecule has 1 saturated carbocycles. The summed E-state index contributed by atoms with van der Waals surface area (Å²) in [6.07, 6.45) is 3.55. The fourth-order valence-electron chi connectivity index (χ4n) is 3.62. The van der Waals surface area contributed by atoms with E-state index < -0.39 is 0 Å². The fraction of sp³-hybridized carbons (Fsp3) is 0.500. The number of phenolic OH excluding ortho intramolecular Hbond substituents is 1. The number of anilines is 1. The predicted octanol–water partition coefficient (Wildman–Crippen LogP) is 2.20. The first-order valence-electron chi connectivity index (χ1n) is 8.42. The van der Waals surface area contributed by atoms with Gasteiger partial charge in [0.05, 0.1) is 17.5 Å². The zero-order chi connectivity index (χ0) is 17.3. The average molecular weight is 330 g/mol. The van der Waals surface area contributed by atoms with Gasteiger partial charge in [-0.2, -0.15) is 0 Å². The number of aryl methyl sites for hydroxylation is 1. The molecule has 1 aliphatic carbocycles. The maximum Gasteiger partial charge on any atom is 0.233 e. The topological polar surface area (TPSA) is 86.7 Å². The monoisotopic (exact) mass is 330 g/mol. The molecule has 2 atom stereocenters. The van der Waals surface area contributed by atoms with Crippen molar-refractivity contribution in [1.29, 1.82) is 0 Å². The minimum absolute atomic E-state index is 0.00250. The molecule has 6 heteroatoms. The van der Waals surface area contributed by atoms with Crippen LogP contribution in [0.5, 0.6) is 5.75 Å². The second kappa shape index (κ2) is 6.63. The molecule has 3 amide bonds. The molecule has 2 fully saturated rings. The van der Waals surface area contributed by atoms with Crippen LogP contribution in [0.2, 0.25) is 0 Å². The summed E-state index contributed by atoms with van der Waals surface area (Å²) in [4.78, 5) is 38.0. The molecule has 1 aromatic rings. The van der Waals surface area contributed by atoms with Gasteiger partial charge in [-0.15, -0.1) is 0 Å². The normalized spacial score (nSPS) is 23.3. The first kappa shape index (κ1) is 16.5. The molecule has 0 radical (unpaired) electrons. The van der Waals surface area contributed by atoms with Crippen LogP contribution >= 0.6 is 0 Å². The molecule has 2 N–H and O–H groups in total. The molecular formula is C18H22N2O4. The van der Waals surface area contributed by atoms with E-state index >= 15 is 0 Å². The van der Waals surface area contributed by atoms with Crippen LogP contribution in [0.1, 0.15) is 37.7 Å². The number of imide groups is 1. The summed E-state index contributed by atoms with van der Waals surface area (Å²) in [6.45, 7) is 1.94. The van der Waals surface area contributed by atoms with Crippen LogP contribution in [-0.2, 0) is 14.4 Å². The maximum absolute atomic E-state index is 12.3. The Hall–Kier alpha value is -2.37. The number of hydrogen-bond donors (Lipinski definition) is 2. The summed E-state index contributed by atoms with van der Waals surface area (Å²) in [7, 11) is 0. The highest BCUT2D eigenvalue weighted by atomic mass is 16.3. The van der Waals surface area contributed by atoms with E-state index in [1.54, 1.807) is 18.2 Å². The van der Waals surface area contributed by atoms with Crippen LogP contribution in [0.15, 0.2) is 18.2 Å². The van der Waals surface area contributed by atoms with Crippen molar-refractivity contribution >= 4 is 23.4 Å². The Morgan fingerprint density at radius 3 is 2.42 bits per heavy atom. The van der Waals surface area contributed by atoms with Gasteiger partial charge in [0, 0.05) is 13.0 Å². The molecular weight excluding hydrogens is 308 g/mol. The van der Waals surface area contributed by atoms with E-state index in [4.69, 9.17) is 0 Å². The third kappa shape index (κ3) is 3.13. The Kier molecular flexibility index (Phi) is 4.55. The van der Waals surface area contributed by atoms with Crippen molar-refractivity contribution in [2.24, 2.45) is 11.8 Å². The fourth-order valence-corrected chi connectivity index (χ4v) is 3.62. The van der Waals surface area contributed by atoms with Crippen molar-refractivity contribution in [2.75, 3.05) is 11.9 Å². The molecule has 0 bridgehead atoms. The van der Waals surface area contributed by atoms with Crippen LogP contribution in [0, 0.1) is 18.8 Å². The van der Waals surface area contributed by atoms with Gasteiger partial charge in [-0.25, -0.2) is 0 Å². The Balaban J connectivity index is 1.58. The van der Waals surface area contributed by atoms with E-state index in [9.17, 15) is 19.5 Å². The number of amides is 3. The highest BCUT2D eigenvalue weighted by molar-refractivity contribution is 6.05. The quantitative estimate of drug-likeness (QED) is 0.654. The molecule has 0 aromatic heterocycles. The lowest BCUT2D eigenvalue weighted by molar-refractivity contribution is -0.140. The van der Waals surface area contributed by atoms with Crippen LogP contribution in [-0.4, -0.2) is 34.3 Å². The zero-order valence-corrected chi connectivity index (χ0v) is 13.7. The Bertz CT molecular complexity index is 662. The lowest BCUT2D eigenvalue weighted by Gasteiger charge is -2.19. The van der Waals surface area contributed by atoms with Gasteiger partial charge in [-0.05, 0) is 37.5 Å². The summed E-state index contributed by atoms with van der Waals surface area (Å²) in [5, 5.41) is 12.4. The lowest BCUT2D eigenvalue weighted by Crippen LogP contribution is -2.34. The van der Waals surface area contributed by atoms with E-state index in [1.165, 1.54) is 4.90 Å². The second-order valence-electron chi connectivity index (χ2n) is 6.64. The largest absolute Gasteiger partial charge is 0.506 e. The number of phenols is 1. The Morgan fingerprint density at radius 1 is 1.21 bits per heavy atom. The first-order chi connectivity index (χ1) is 11.5. The maximum atomic E-state index is 12.3. The highest BCUT2D eigenvalue weighted by Crippen LogP contribution is 2.38. The third-order valence-corrected chi connectivity index (χ3v) is 4.92. The molecule has 1 aliphatic heterocycles. The van der Waals surface area contributed by atoms with E-state index in [-0.39, 0.29) is 48.3 Å². The Labute approximate surface area is 140 Å². The van der Waals surface area contributed by atoms with Gasteiger partial charge in [0.1, 0.15) is 5.75 Å². The molecule has 0 spiro atoms. The number of carbonyl (C=O) groups is 3. The second-order valence-corrected chi connectivity index (χ2v) is 6.64. The van der Waals surface area contributed by atoms with Crippen molar-refractivity contribution < 1.29 is 19.5 Å². The number of nitrogens with zero attached hydrogens (tertiary/aromatic N) is 1. The number of fused-ring (bicyclic) bond motifs is 1. The summed E-state index contributed by atoms with van der Waals surface area (Å²) >= 11 is 0. The average Bonchev–Trinajstić information content (AvgIpc) is 2.80. The first-order valence-corrected chi connectivity index (χ1v) is 8.42. The molecule has 2 aliphatic rings. The number of rotatable bonds is 4. The van der Waals surface area contributed by atoms with Crippen molar-refractivity contribution in [2.45, 2.75) is 39.0 Å². The number of nitrogens with one attached hydrogen (secondary N) is 1. The van der Waals surface area contributed by atoms with Crippen LogP contribution in [0.4, 0.5) is 5.69 Å². The van der Waals surface area contributed by atoms with Crippen LogP contribution < -0.4 is 5.32 Å².